The Hall–Kier alpha value is -2.09. The molecule has 2 nitrogen and oxygen atoms in total. The average Bonchev–Trinajstić information content (AvgIpc) is 2.58. The van der Waals surface area contributed by atoms with Crippen molar-refractivity contribution in [2.75, 3.05) is 0 Å². The number of hydrogen-bond donors (Lipinski definition) is 1. The first-order valence-electron chi connectivity index (χ1n) is 9.86. The van der Waals surface area contributed by atoms with Crippen molar-refractivity contribution in [2.24, 2.45) is 0 Å². The highest BCUT2D eigenvalue weighted by Crippen LogP contribution is 2.48. The minimum atomic E-state index is -0.881. The summed E-state index contributed by atoms with van der Waals surface area (Å²) < 4.78 is 0. The van der Waals surface area contributed by atoms with Crippen molar-refractivity contribution in [3.63, 3.8) is 0 Å². The summed E-state index contributed by atoms with van der Waals surface area (Å²) in [6.07, 6.45) is 2.41. The summed E-state index contributed by atoms with van der Waals surface area (Å²) >= 11 is 0. The molecule has 3 rings (SSSR count). The standard InChI is InChI=1S/C25H32O2/c1-16-14-20-21(24(4,5)13-12-23(20,2)3)15-19(16)25(6,7)18-10-8-17(9-11-18)22(26)27/h8-11,14-15H,12-13H2,1-7H3,(H,26,27). The SMILES string of the molecule is Cc1cc2c(cc1C(C)(C)c1ccc(C(=O)O)cc1)C(C)(C)CCC2(C)C. The van der Waals surface area contributed by atoms with E-state index in [4.69, 9.17) is 0 Å². The maximum Gasteiger partial charge on any atom is 0.335 e. The Balaban J connectivity index is 2.15. The van der Waals surface area contributed by atoms with E-state index < -0.39 is 5.97 Å². The number of hydrogen-bond acceptors (Lipinski definition) is 1. The predicted molar refractivity (Wildman–Crippen MR) is 112 cm³/mol. The molecule has 1 N–H and O–H groups in total. The van der Waals surface area contributed by atoms with Gasteiger partial charge in [-0.3, -0.25) is 0 Å². The average molecular weight is 365 g/mol. The molecular formula is C25H32O2. The first-order valence-corrected chi connectivity index (χ1v) is 9.86. The molecule has 0 saturated heterocycles. The van der Waals surface area contributed by atoms with Gasteiger partial charge in [-0.15, -0.1) is 0 Å². The summed E-state index contributed by atoms with van der Waals surface area (Å²) in [5.74, 6) is -0.881. The second kappa shape index (κ2) is 6.22. The molecular weight excluding hydrogens is 332 g/mol. The highest BCUT2D eigenvalue weighted by molar-refractivity contribution is 5.87. The van der Waals surface area contributed by atoms with Gasteiger partial charge >= 0.3 is 5.97 Å². The van der Waals surface area contributed by atoms with Crippen molar-refractivity contribution in [2.45, 2.75) is 77.6 Å². The van der Waals surface area contributed by atoms with Gasteiger partial charge in [0, 0.05) is 5.41 Å². The van der Waals surface area contributed by atoms with Crippen LogP contribution in [0.3, 0.4) is 0 Å². The predicted octanol–water partition coefficient (Wildman–Crippen LogP) is 6.37. The molecule has 2 aromatic carbocycles. The molecule has 1 aliphatic carbocycles. The largest absolute Gasteiger partial charge is 0.478 e. The number of carboxylic acid groups (broad SMARTS) is 1. The molecule has 27 heavy (non-hydrogen) atoms. The van der Waals surface area contributed by atoms with Crippen LogP contribution in [-0.4, -0.2) is 11.1 Å². The maximum absolute atomic E-state index is 11.2. The Labute approximate surface area is 163 Å². The molecule has 0 fully saturated rings. The molecule has 0 radical (unpaired) electrons. The van der Waals surface area contributed by atoms with Crippen molar-refractivity contribution in [1.82, 2.24) is 0 Å². The third-order valence-electron chi connectivity index (χ3n) is 6.72. The smallest absolute Gasteiger partial charge is 0.335 e. The highest BCUT2D eigenvalue weighted by Gasteiger charge is 2.38. The fourth-order valence-electron chi connectivity index (χ4n) is 4.58. The number of fused-ring (bicyclic) bond motifs is 1. The van der Waals surface area contributed by atoms with E-state index in [-0.39, 0.29) is 16.2 Å². The van der Waals surface area contributed by atoms with Crippen LogP contribution in [0.15, 0.2) is 36.4 Å². The zero-order chi connectivity index (χ0) is 20.2. The second-order valence-electron chi connectivity index (χ2n) is 9.99. The van der Waals surface area contributed by atoms with Gasteiger partial charge in [-0.25, -0.2) is 4.79 Å². The van der Waals surface area contributed by atoms with Crippen LogP contribution in [0.25, 0.3) is 0 Å². The van der Waals surface area contributed by atoms with Crippen molar-refractivity contribution in [3.8, 4) is 0 Å². The number of carboxylic acids is 1. The summed E-state index contributed by atoms with van der Waals surface area (Å²) in [5, 5.41) is 9.18. The summed E-state index contributed by atoms with van der Waals surface area (Å²) in [6, 6.07) is 12.2. The zero-order valence-corrected chi connectivity index (χ0v) is 17.7. The van der Waals surface area contributed by atoms with Gasteiger partial charge in [0.25, 0.3) is 0 Å². The van der Waals surface area contributed by atoms with Crippen molar-refractivity contribution < 1.29 is 9.90 Å². The highest BCUT2D eigenvalue weighted by atomic mass is 16.4. The molecule has 2 heteroatoms. The van der Waals surface area contributed by atoms with Crippen LogP contribution < -0.4 is 0 Å². The topological polar surface area (TPSA) is 37.3 Å². The number of rotatable bonds is 3. The van der Waals surface area contributed by atoms with Gasteiger partial charge in [0.1, 0.15) is 0 Å². The lowest BCUT2D eigenvalue weighted by Crippen LogP contribution is -2.35. The third-order valence-corrected chi connectivity index (χ3v) is 6.72. The van der Waals surface area contributed by atoms with Gasteiger partial charge in [-0.05, 0) is 70.5 Å². The lowest BCUT2D eigenvalue weighted by molar-refractivity contribution is 0.0697. The molecule has 0 aromatic heterocycles. The van der Waals surface area contributed by atoms with E-state index >= 15 is 0 Å². The molecule has 0 aliphatic heterocycles. The molecule has 0 bridgehead atoms. The van der Waals surface area contributed by atoms with Gasteiger partial charge in [0.15, 0.2) is 0 Å². The van der Waals surface area contributed by atoms with E-state index in [0.29, 0.717) is 5.56 Å². The molecule has 0 amide bonds. The molecule has 0 heterocycles. The lowest BCUT2D eigenvalue weighted by atomic mass is 9.61. The zero-order valence-electron chi connectivity index (χ0n) is 17.7. The molecule has 0 saturated carbocycles. The van der Waals surface area contributed by atoms with E-state index in [0.717, 1.165) is 5.56 Å². The second-order valence-corrected chi connectivity index (χ2v) is 9.99. The molecule has 0 atom stereocenters. The van der Waals surface area contributed by atoms with Gasteiger partial charge in [-0.1, -0.05) is 65.8 Å². The number of carbonyl (C=O) groups is 1. The summed E-state index contributed by atoms with van der Waals surface area (Å²) in [4.78, 5) is 11.2. The van der Waals surface area contributed by atoms with Gasteiger partial charge in [0.2, 0.25) is 0 Å². The van der Waals surface area contributed by atoms with E-state index in [1.165, 1.54) is 35.1 Å². The van der Waals surface area contributed by atoms with Gasteiger partial charge < -0.3 is 5.11 Å². The van der Waals surface area contributed by atoms with Crippen LogP contribution >= 0.6 is 0 Å². The Morgan fingerprint density at radius 2 is 1.41 bits per heavy atom. The van der Waals surface area contributed by atoms with E-state index in [2.05, 4.69) is 60.6 Å². The maximum atomic E-state index is 11.2. The van der Waals surface area contributed by atoms with Crippen LogP contribution in [-0.2, 0) is 16.2 Å². The van der Waals surface area contributed by atoms with Crippen molar-refractivity contribution >= 4 is 5.97 Å². The molecule has 1 aliphatic rings. The van der Waals surface area contributed by atoms with Crippen LogP contribution in [0.5, 0.6) is 0 Å². The van der Waals surface area contributed by atoms with E-state index in [1.54, 1.807) is 12.1 Å². The number of aryl methyl sites for hydroxylation is 1. The minimum absolute atomic E-state index is 0.177. The Kier molecular flexibility index (Phi) is 4.53. The lowest BCUT2D eigenvalue weighted by Gasteiger charge is -2.43. The first kappa shape index (κ1) is 19.7. The van der Waals surface area contributed by atoms with Crippen molar-refractivity contribution in [3.05, 3.63) is 69.8 Å². The summed E-state index contributed by atoms with van der Waals surface area (Å²) in [5.41, 5.74) is 7.27. The summed E-state index contributed by atoms with van der Waals surface area (Å²) in [7, 11) is 0. The summed E-state index contributed by atoms with van der Waals surface area (Å²) in [6.45, 7) is 16.1. The fraction of sp³-hybridized carbons (Fsp3) is 0.480. The molecule has 144 valence electrons. The first-order chi connectivity index (χ1) is 12.4. The van der Waals surface area contributed by atoms with E-state index in [1.807, 2.05) is 12.1 Å². The third kappa shape index (κ3) is 3.31. The Bertz CT molecular complexity index is 883. The fourth-order valence-corrected chi connectivity index (χ4v) is 4.58. The van der Waals surface area contributed by atoms with Crippen LogP contribution in [0.1, 0.15) is 92.6 Å². The van der Waals surface area contributed by atoms with Gasteiger partial charge in [0.05, 0.1) is 5.56 Å². The minimum Gasteiger partial charge on any atom is -0.478 e. The van der Waals surface area contributed by atoms with Gasteiger partial charge in [-0.2, -0.15) is 0 Å². The monoisotopic (exact) mass is 364 g/mol. The van der Waals surface area contributed by atoms with Crippen molar-refractivity contribution in [1.29, 1.82) is 0 Å². The van der Waals surface area contributed by atoms with E-state index in [9.17, 15) is 9.90 Å². The Morgan fingerprint density at radius 1 is 0.926 bits per heavy atom. The molecule has 0 spiro atoms. The molecule has 2 aromatic rings. The van der Waals surface area contributed by atoms with Crippen LogP contribution in [0.2, 0.25) is 0 Å². The van der Waals surface area contributed by atoms with Crippen LogP contribution in [0.4, 0.5) is 0 Å². The normalized spacial score (nSPS) is 18.0. The quantitative estimate of drug-likeness (QED) is 0.687. The number of benzene rings is 2. The Morgan fingerprint density at radius 3 is 1.89 bits per heavy atom. The van der Waals surface area contributed by atoms with Crippen LogP contribution in [0, 0.1) is 6.92 Å². The number of aromatic carboxylic acids is 1. The molecule has 0 unspecified atom stereocenters.